The molecule has 0 fully saturated rings. The van der Waals surface area contributed by atoms with E-state index in [0.29, 0.717) is 6.04 Å². The van der Waals surface area contributed by atoms with Crippen LogP contribution in [0.2, 0.25) is 0 Å². The van der Waals surface area contributed by atoms with Crippen LogP contribution in [-0.2, 0) is 0 Å². The summed E-state index contributed by atoms with van der Waals surface area (Å²) < 4.78 is 1.18. The van der Waals surface area contributed by atoms with Crippen molar-refractivity contribution in [2.75, 3.05) is 6.54 Å². The molecule has 1 N–H and O–H groups in total. The topological polar surface area (TPSA) is 12.0 Å². The van der Waals surface area contributed by atoms with Crippen molar-refractivity contribution in [3.05, 3.63) is 34.3 Å². The van der Waals surface area contributed by atoms with Crippen molar-refractivity contribution in [3.8, 4) is 0 Å². The molecule has 0 aliphatic rings. The molecule has 0 bridgehead atoms. The smallest absolute Gasteiger partial charge is 0.0320 e. The summed E-state index contributed by atoms with van der Waals surface area (Å²) in [6.07, 6.45) is 10.9. The third kappa shape index (κ3) is 7.44. The molecule has 0 heterocycles. The fourth-order valence-corrected chi connectivity index (χ4v) is 3.08. The zero-order valence-electron chi connectivity index (χ0n) is 13.1. The van der Waals surface area contributed by atoms with Crippen LogP contribution in [0.4, 0.5) is 0 Å². The second-order valence-corrected chi connectivity index (χ2v) is 6.49. The number of hydrogen-bond donors (Lipinski definition) is 1. The summed E-state index contributed by atoms with van der Waals surface area (Å²) in [6, 6.07) is 9.22. The lowest BCUT2D eigenvalue weighted by Gasteiger charge is -2.18. The Balaban J connectivity index is 2.29. The minimum atomic E-state index is 0.508. The molecule has 0 saturated heterocycles. The molecular weight excluding hydrogens is 310 g/mol. The van der Waals surface area contributed by atoms with Gasteiger partial charge in [-0.2, -0.15) is 0 Å². The summed E-state index contributed by atoms with van der Waals surface area (Å²) in [7, 11) is 0. The third-order valence-corrected chi connectivity index (χ3v) is 4.29. The first kappa shape index (κ1) is 17.7. The van der Waals surface area contributed by atoms with Gasteiger partial charge < -0.3 is 5.32 Å². The van der Waals surface area contributed by atoms with Crippen LogP contribution in [0, 0.1) is 0 Å². The van der Waals surface area contributed by atoms with E-state index < -0.39 is 0 Å². The van der Waals surface area contributed by atoms with E-state index in [2.05, 4.69) is 59.4 Å². The molecule has 1 unspecified atom stereocenters. The highest BCUT2D eigenvalue weighted by Gasteiger charge is 2.09. The van der Waals surface area contributed by atoms with E-state index in [9.17, 15) is 0 Å². The highest BCUT2D eigenvalue weighted by atomic mass is 79.9. The van der Waals surface area contributed by atoms with Gasteiger partial charge in [0.15, 0.2) is 0 Å². The molecule has 114 valence electrons. The number of hydrogen-bond acceptors (Lipinski definition) is 1. The summed E-state index contributed by atoms with van der Waals surface area (Å²) in [5.41, 5.74) is 1.41. The minimum Gasteiger partial charge on any atom is -0.310 e. The first-order chi connectivity index (χ1) is 9.77. The predicted octanol–water partition coefficient (Wildman–Crippen LogP) is 6.24. The van der Waals surface area contributed by atoms with Gasteiger partial charge in [-0.1, -0.05) is 86.9 Å². The van der Waals surface area contributed by atoms with Gasteiger partial charge in [0.25, 0.3) is 0 Å². The van der Waals surface area contributed by atoms with Gasteiger partial charge >= 0.3 is 0 Å². The van der Waals surface area contributed by atoms with Gasteiger partial charge in [0.1, 0.15) is 0 Å². The molecule has 0 aliphatic carbocycles. The number of rotatable bonds is 11. The van der Waals surface area contributed by atoms with Crippen molar-refractivity contribution in [2.24, 2.45) is 0 Å². The lowest BCUT2D eigenvalue weighted by Crippen LogP contribution is -2.20. The van der Waals surface area contributed by atoms with Gasteiger partial charge in [0.2, 0.25) is 0 Å². The van der Waals surface area contributed by atoms with Crippen molar-refractivity contribution in [1.82, 2.24) is 5.32 Å². The Labute approximate surface area is 133 Å². The van der Waals surface area contributed by atoms with Crippen LogP contribution in [0.25, 0.3) is 0 Å². The van der Waals surface area contributed by atoms with E-state index >= 15 is 0 Å². The number of nitrogens with one attached hydrogen (secondary N) is 1. The average molecular weight is 340 g/mol. The van der Waals surface area contributed by atoms with Crippen LogP contribution >= 0.6 is 15.9 Å². The van der Waals surface area contributed by atoms with Crippen molar-refractivity contribution >= 4 is 15.9 Å². The third-order valence-electron chi connectivity index (χ3n) is 3.80. The van der Waals surface area contributed by atoms with Crippen molar-refractivity contribution in [1.29, 1.82) is 0 Å². The molecule has 1 rings (SSSR count). The molecule has 0 saturated carbocycles. The Kier molecular flexibility index (Phi) is 10.0. The summed E-state index contributed by atoms with van der Waals surface area (Å²) in [5.74, 6) is 0. The van der Waals surface area contributed by atoms with Gasteiger partial charge in [0.05, 0.1) is 0 Å². The zero-order chi connectivity index (χ0) is 14.6. The maximum Gasteiger partial charge on any atom is 0.0320 e. The molecule has 0 amide bonds. The van der Waals surface area contributed by atoms with E-state index in [4.69, 9.17) is 0 Å². The van der Waals surface area contributed by atoms with Gasteiger partial charge in [-0.3, -0.25) is 0 Å². The molecule has 0 aliphatic heterocycles. The van der Waals surface area contributed by atoms with Gasteiger partial charge in [-0.25, -0.2) is 0 Å². The molecule has 1 nitrogen and oxygen atoms in total. The molecule has 1 aromatic rings. The van der Waals surface area contributed by atoms with Gasteiger partial charge in [-0.15, -0.1) is 0 Å². The molecule has 0 radical (unpaired) electrons. The Morgan fingerprint density at radius 2 is 1.70 bits per heavy atom. The molecule has 2 heteroatoms. The average Bonchev–Trinajstić information content (AvgIpc) is 2.45. The summed E-state index contributed by atoms with van der Waals surface area (Å²) in [4.78, 5) is 0. The molecule has 0 aromatic heterocycles. The van der Waals surface area contributed by atoms with Crippen LogP contribution < -0.4 is 5.32 Å². The standard InChI is InChI=1S/C18H30BrN/c1-3-5-6-7-8-9-10-14-18(20-4-2)16-12-11-13-17(19)15-16/h11-13,15,18,20H,3-10,14H2,1-2H3. The molecule has 0 spiro atoms. The predicted molar refractivity (Wildman–Crippen MR) is 93.2 cm³/mol. The van der Waals surface area contributed by atoms with E-state index in [1.807, 2.05) is 0 Å². The molecule has 1 aromatic carbocycles. The fraction of sp³-hybridized carbons (Fsp3) is 0.667. The first-order valence-electron chi connectivity index (χ1n) is 8.26. The fourth-order valence-electron chi connectivity index (χ4n) is 2.66. The van der Waals surface area contributed by atoms with Crippen LogP contribution in [0.1, 0.15) is 76.8 Å². The number of benzene rings is 1. The highest BCUT2D eigenvalue weighted by molar-refractivity contribution is 9.10. The summed E-state index contributed by atoms with van der Waals surface area (Å²) in [6.45, 7) is 5.50. The lowest BCUT2D eigenvalue weighted by atomic mass is 9.99. The largest absolute Gasteiger partial charge is 0.310 e. The second kappa shape index (κ2) is 11.3. The van der Waals surface area contributed by atoms with E-state index in [1.165, 1.54) is 61.4 Å². The van der Waals surface area contributed by atoms with Crippen molar-refractivity contribution in [2.45, 2.75) is 71.3 Å². The monoisotopic (exact) mass is 339 g/mol. The Bertz CT molecular complexity index is 351. The maximum absolute atomic E-state index is 3.62. The minimum absolute atomic E-state index is 0.508. The van der Waals surface area contributed by atoms with Gasteiger partial charge in [0, 0.05) is 10.5 Å². The van der Waals surface area contributed by atoms with Crippen molar-refractivity contribution < 1.29 is 0 Å². The highest BCUT2D eigenvalue weighted by Crippen LogP contribution is 2.23. The first-order valence-corrected chi connectivity index (χ1v) is 9.06. The molecular formula is C18H30BrN. The van der Waals surface area contributed by atoms with E-state index in [-0.39, 0.29) is 0 Å². The Morgan fingerprint density at radius 3 is 2.35 bits per heavy atom. The van der Waals surface area contributed by atoms with Crippen LogP contribution in [0.3, 0.4) is 0 Å². The van der Waals surface area contributed by atoms with Crippen LogP contribution in [-0.4, -0.2) is 6.54 Å². The zero-order valence-corrected chi connectivity index (χ0v) is 14.7. The van der Waals surface area contributed by atoms with Gasteiger partial charge in [-0.05, 0) is 30.7 Å². The maximum atomic E-state index is 3.62. The number of unbranched alkanes of at least 4 members (excludes halogenated alkanes) is 6. The number of halogens is 1. The van der Waals surface area contributed by atoms with E-state index in [0.717, 1.165) is 6.54 Å². The lowest BCUT2D eigenvalue weighted by molar-refractivity contribution is 0.475. The second-order valence-electron chi connectivity index (χ2n) is 5.58. The normalized spacial score (nSPS) is 12.6. The van der Waals surface area contributed by atoms with Crippen LogP contribution in [0.5, 0.6) is 0 Å². The quantitative estimate of drug-likeness (QED) is 0.470. The Hall–Kier alpha value is -0.340. The summed E-state index contributed by atoms with van der Waals surface area (Å²) in [5, 5.41) is 3.62. The molecule has 1 atom stereocenters. The Morgan fingerprint density at radius 1 is 1.00 bits per heavy atom. The van der Waals surface area contributed by atoms with Crippen LogP contribution in [0.15, 0.2) is 28.7 Å². The summed E-state index contributed by atoms with van der Waals surface area (Å²) >= 11 is 3.57. The SMILES string of the molecule is CCCCCCCCCC(NCC)c1cccc(Br)c1. The van der Waals surface area contributed by atoms with Crippen molar-refractivity contribution in [3.63, 3.8) is 0 Å². The van der Waals surface area contributed by atoms with E-state index in [1.54, 1.807) is 0 Å². The molecule has 20 heavy (non-hydrogen) atoms.